The van der Waals surface area contributed by atoms with E-state index in [-0.39, 0.29) is 22.7 Å². The summed E-state index contributed by atoms with van der Waals surface area (Å²) in [4.78, 5) is 0.0819. The zero-order valence-corrected chi connectivity index (χ0v) is 16.9. The lowest BCUT2D eigenvalue weighted by Crippen LogP contribution is -2.36. The van der Waals surface area contributed by atoms with E-state index in [9.17, 15) is 21.6 Å². The van der Waals surface area contributed by atoms with E-state index in [1.54, 1.807) is 12.1 Å². The maximum atomic E-state index is 13.4. The molecule has 0 aliphatic carbocycles. The van der Waals surface area contributed by atoms with E-state index in [1.807, 2.05) is 31.2 Å². The Labute approximate surface area is 172 Å². The van der Waals surface area contributed by atoms with Crippen molar-refractivity contribution in [2.45, 2.75) is 37.4 Å². The third-order valence-electron chi connectivity index (χ3n) is 5.25. The summed E-state index contributed by atoms with van der Waals surface area (Å²) in [5, 5.41) is 3.47. The van der Waals surface area contributed by atoms with Crippen LogP contribution in [0.2, 0.25) is 0 Å². The number of halogens is 3. The minimum atomic E-state index is -4.66. The van der Waals surface area contributed by atoms with Crippen molar-refractivity contribution >= 4 is 10.0 Å². The van der Waals surface area contributed by atoms with Crippen LogP contribution in [0.5, 0.6) is 0 Å². The summed E-state index contributed by atoms with van der Waals surface area (Å²) in [6, 6.07) is 13.0. The molecule has 2 aromatic carbocycles. The molecule has 5 nitrogen and oxygen atoms in total. The van der Waals surface area contributed by atoms with Gasteiger partial charge in [0.1, 0.15) is 5.69 Å². The first kappa shape index (κ1) is 20.6. The number of hydrogen-bond acceptors (Lipinski definition) is 4. The van der Waals surface area contributed by atoms with Crippen LogP contribution in [0, 0.1) is 0 Å². The highest BCUT2D eigenvalue weighted by Gasteiger charge is 2.36. The maximum absolute atomic E-state index is 13.4. The molecule has 9 heteroatoms. The molecule has 0 spiro atoms. The average Bonchev–Trinajstić information content (AvgIpc) is 3.24. The normalized spacial score (nSPS) is 15.2. The maximum Gasteiger partial charge on any atom is 0.452 e. The van der Waals surface area contributed by atoms with E-state index >= 15 is 0 Å². The van der Waals surface area contributed by atoms with Gasteiger partial charge in [0.15, 0.2) is 0 Å². The van der Waals surface area contributed by atoms with Gasteiger partial charge in [-0.1, -0.05) is 48.5 Å². The van der Waals surface area contributed by atoms with Crippen molar-refractivity contribution in [1.82, 2.24) is 9.46 Å². The lowest BCUT2D eigenvalue weighted by atomic mass is 10.0. The standard InChI is InChI=1S/C21H19F3N2O3S/c1-2-14-7-8-16(18-12-20(29-25-18)21(22,23)24)11-19(14)30(27,28)26-10-9-15-5-3-4-6-17(15)13-26/h3-8,11-12H,2,9-10,13H2,1H3. The van der Waals surface area contributed by atoms with Crippen LogP contribution >= 0.6 is 0 Å². The Kier molecular flexibility index (Phi) is 5.19. The summed E-state index contributed by atoms with van der Waals surface area (Å²) in [7, 11) is -3.85. The molecule has 1 aromatic heterocycles. The van der Waals surface area contributed by atoms with E-state index in [0.717, 1.165) is 17.2 Å². The Balaban J connectivity index is 1.73. The second kappa shape index (κ2) is 7.55. The summed E-state index contributed by atoms with van der Waals surface area (Å²) in [6.07, 6.45) is -3.59. The molecule has 3 aromatic rings. The predicted molar refractivity (Wildman–Crippen MR) is 104 cm³/mol. The first-order valence-electron chi connectivity index (χ1n) is 9.44. The number of rotatable bonds is 4. The summed E-state index contributed by atoms with van der Waals surface area (Å²) in [5.41, 5.74) is 2.86. The molecule has 0 saturated carbocycles. The van der Waals surface area contributed by atoms with Gasteiger partial charge in [-0.3, -0.25) is 0 Å². The summed E-state index contributed by atoms with van der Waals surface area (Å²) in [5.74, 6) is -1.23. The zero-order chi connectivity index (χ0) is 21.5. The van der Waals surface area contributed by atoms with Gasteiger partial charge >= 0.3 is 6.18 Å². The Morgan fingerprint density at radius 3 is 2.50 bits per heavy atom. The Hall–Kier alpha value is -2.65. The number of alkyl halides is 3. The first-order chi connectivity index (χ1) is 14.2. The largest absolute Gasteiger partial charge is 0.452 e. The van der Waals surface area contributed by atoms with Crippen LogP contribution in [0.15, 0.2) is 57.9 Å². The quantitative estimate of drug-likeness (QED) is 0.596. The highest BCUT2D eigenvalue weighted by Crippen LogP contribution is 2.34. The van der Waals surface area contributed by atoms with Gasteiger partial charge in [-0.15, -0.1) is 0 Å². The Morgan fingerprint density at radius 1 is 1.10 bits per heavy atom. The Morgan fingerprint density at radius 2 is 1.83 bits per heavy atom. The van der Waals surface area contributed by atoms with Crippen molar-refractivity contribution < 1.29 is 26.1 Å². The predicted octanol–water partition coefficient (Wildman–Crippen LogP) is 4.67. The molecule has 0 bridgehead atoms. The van der Waals surface area contributed by atoms with Crippen LogP contribution in [-0.2, 0) is 35.6 Å². The molecule has 2 heterocycles. The second-order valence-electron chi connectivity index (χ2n) is 7.11. The number of aryl methyl sites for hydroxylation is 1. The monoisotopic (exact) mass is 436 g/mol. The van der Waals surface area contributed by atoms with Gasteiger partial charge in [0.2, 0.25) is 15.8 Å². The smallest absolute Gasteiger partial charge is 0.351 e. The number of nitrogens with zero attached hydrogens (tertiary/aromatic N) is 2. The lowest BCUT2D eigenvalue weighted by molar-refractivity contribution is -0.155. The van der Waals surface area contributed by atoms with Crippen molar-refractivity contribution in [3.8, 4) is 11.3 Å². The number of fused-ring (bicyclic) bond motifs is 1. The number of aromatic nitrogens is 1. The van der Waals surface area contributed by atoms with Gasteiger partial charge in [0, 0.05) is 24.7 Å². The molecule has 0 unspecified atom stereocenters. The van der Waals surface area contributed by atoms with Crippen LogP contribution in [0.25, 0.3) is 11.3 Å². The fourth-order valence-corrected chi connectivity index (χ4v) is 5.34. The highest BCUT2D eigenvalue weighted by atomic mass is 32.2. The number of benzene rings is 2. The third kappa shape index (κ3) is 3.75. The van der Waals surface area contributed by atoms with E-state index in [0.29, 0.717) is 24.9 Å². The van der Waals surface area contributed by atoms with Gasteiger partial charge in [0.05, 0.1) is 4.90 Å². The molecule has 1 aliphatic heterocycles. The van der Waals surface area contributed by atoms with Gasteiger partial charge < -0.3 is 4.52 Å². The summed E-state index contributed by atoms with van der Waals surface area (Å²) < 4.78 is 71.1. The van der Waals surface area contributed by atoms with Crippen LogP contribution in [-0.4, -0.2) is 24.4 Å². The first-order valence-corrected chi connectivity index (χ1v) is 10.9. The molecule has 0 saturated heterocycles. The molecule has 0 atom stereocenters. The van der Waals surface area contributed by atoms with Crippen LogP contribution in [0.4, 0.5) is 13.2 Å². The minimum absolute atomic E-state index is 0.0644. The zero-order valence-electron chi connectivity index (χ0n) is 16.1. The fraction of sp³-hybridized carbons (Fsp3) is 0.286. The van der Waals surface area contributed by atoms with Crippen LogP contribution in [0.1, 0.15) is 29.4 Å². The molecule has 4 rings (SSSR count). The molecule has 158 valence electrons. The van der Waals surface area contributed by atoms with E-state index in [2.05, 4.69) is 9.68 Å². The number of sulfonamides is 1. The van der Waals surface area contributed by atoms with Crippen molar-refractivity contribution in [1.29, 1.82) is 0 Å². The molecular formula is C21H19F3N2O3S. The van der Waals surface area contributed by atoms with Crippen LogP contribution in [0.3, 0.4) is 0 Å². The van der Waals surface area contributed by atoms with E-state index < -0.39 is 22.0 Å². The Bertz CT molecular complexity index is 1190. The fourth-order valence-electron chi connectivity index (χ4n) is 3.61. The molecule has 0 fully saturated rings. The molecule has 1 aliphatic rings. The van der Waals surface area contributed by atoms with Crippen molar-refractivity contribution in [3.05, 3.63) is 71.0 Å². The topological polar surface area (TPSA) is 63.4 Å². The highest BCUT2D eigenvalue weighted by molar-refractivity contribution is 7.89. The minimum Gasteiger partial charge on any atom is -0.351 e. The van der Waals surface area contributed by atoms with E-state index in [1.165, 1.54) is 10.4 Å². The average molecular weight is 436 g/mol. The van der Waals surface area contributed by atoms with Crippen molar-refractivity contribution in [3.63, 3.8) is 0 Å². The van der Waals surface area contributed by atoms with E-state index in [4.69, 9.17) is 0 Å². The molecular weight excluding hydrogens is 417 g/mol. The lowest BCUT2D eigenvalue weighted by Gasteiger charge is -2.29. The van der Waals surface area contributed by atoms with Gasteiger partial charge in [-0.05, 0) is 35.6 Å². The second-order valence-corrected chi connectivity index (χ2v) is 9.01. The SMILES string of the molecule is CCc1ccc(-c2cc(C(F)(F)F)on2)cc1S(=O)(=O)N1CCc2ccccc2C1. The molecule has 30 heavy (non-hydrogen) atoms. The molecule has 0 amide bonds. The van der Waals surface area contributed by atoms with Gasteiger partial charge in [-0.2, -0.15) is 17.5 Å². The molecule has 0 N–H and O–H groups in total. The summed E-state index contributed by atoms with van der Waals surface area (Å²) in [6.45, 7) is 2.43. The number of hydrogen-bond donors (Lipinski definition) is 0. The molecule has 0 radical (unpaired) electrons. The summed E-state index contributed by atoms with van der Waals surface area (Å²) >= 11 is 0. The van der Waals surface area contributed by atoms with Gasteiger partial charge in [-0.25, -0.2) is 8.42 Å². The van der Waals surface area contributed by atoms with Crippen molar-refractivity contribution in [2.75, 3.05) is 6.54 Å². The van der Waals surface area contributed by atoms with Crippen LogP contribution < -0.4 is 0 Å². The third-order valence-corrected chi connectivity index (χ3v) is 7.17. The van der Waals surface area contributed by atoms with Gasteiger partial charge in [0.25, 0.3) is 0 Å². The van der Waals surface area contributed by atoms with Crippen molar-refractivity contribution in [2.24, 2.45) is 0 Å².